The number of carbonyl (C=O) groups is 3. The highest BCUT2D eigenvalue weighted by Gasteiger charge is 2.13. The molecule has 1 aliphatic carbocycles. The van der Waals surface area contributed by atoms with Crippen LogP contribution in [0.15, 0.2) is 35.9 Å². The van der Waals surface area contributed by atoms with Gasteiger partial charge < -0.3 is 10.2 Å². The van der Waals surface area contributed by atoms with E-state index in [9.17, 15) is 14.4 Å². The van der Waals surface area contributed by atoms with Crippen molar-refractivity contribution in [3.05, 3.63) is 41.5 Å². The third-order valence-electron chi connectivity index (χ3n) is 4.69. The van der Waals surface area contributed by atoms with E-state index in [-0.39, 0.29) is 24.0 Å². The summed E-state index contributed by atoms with van der Waals surface area (Å²) in [7, 11) is 0. The molecule has 1 aliphatic rings. The largest absolute Gasteiger partial charge is 0.342 e. The molecule has 2 rings (SSSR count). The molecule has 0 saturated carbocycles. The van der Waals surface area contributed by atoms with Crippen LogP contribution >= 0.6 is 0 Å². The fraction of sp³-hybridized carbons (Fsp3) is 0.476. The van der Waals surface area contributed by atoms with E-state index in [0.717, 1.165) is 19.3 Å². The van der Waals surface area contributed by atoms with E-state index in [2.05, 4.69) is 11.4 Å². The first-order valence-electron chi connectivity index (χ1n) is 9.30. The van der Waals surface area contributed by atoms with Crippen molar-refractivity contribution in [3.8, 4) is 0 Å². The summed E-state index contributed by atoms with van der Waals surface area (Å²) in [5, 5.41) is 2.80. The van der Waals surface area contributed by atoms with Crippen LogP contribution in [0, 0.1) is 0 Å². The van der Waals surface area contributed by atoms with Gasteiger partial charge >= 0.3 is 0 Å². The molecule has 0 radical (unpaired) electrons. The number of rotatable bonds is 8. The predicted octanol–water partition coefficient (Wildman–Crippen LogP) is 3.96. The number of benzene rings is 1. The first-order chi connectivity index (χ1) is 12.5. The third kappa shape index (κ3) is 6.47. The van der Waals surface area contributed by atoms with Gasteiger partial charge in [-0.15, -0.1) is 0 Å². The van der Waals surface area contributed by atoms with Gasteiger partial charge in [-0.3, -0.25) is 14.4 Å². The van der Waals surface area contributed by atoms with Gasteiger partial charge in [-0.05, 0) is 51.2 Å². The Morgan fingerprint density at radius 1 is 1.12 bits per heavy atom. The molecule has 0 unspecified atom stereocenters. The Kier molecular flexibility index (Phi) is 7.57. The summed E-state index contributed by atoms with van der Waals surface area (Å²) in [4.78, 5) is 37.2. The Labute approximate surface area is 155 Å². The Morgan fingerprint density at radius 2 is 1.92 bits per heavy atom. The lowest BCUT2D eigenvalue weighted by molar-refractivity contribution is -0.129. The summed E-state index contributed by atoms with van der Waals surface area (Å²) < 4.78 is 0. The lowest BCUT2D eigenvalue weighted by Gasteiger charge is -2.22. The molecule has 1 aromatic carbocycles. The summed E-state index contributed by atoms with van der Waals surface area (Å²) in [6.45, 7) is 4.10. The fourth-order valence-electron chi connectivity index (χ4n) is 3.11. The minimum Gasteiger partial charge on any atom is -0.342 e. The molecule has 0 saturated heterocycles. The van der Waals surface area contributed by atoms with E-state index < -0.39 is 0 Å². The van der Waals surface area contributed by atoms with Gasteiger partial charge in [0.1, 0.15) is 0 Å². The molecule has 5 heteroatoms. The first-order valence-corrected chi connectivity index (χ1v) is 9.30. The molecule has 0 aromatic heterocycles. The molecule has 5 nitrogen and oxygen atoms in total. The van der Waals surface area contributed by atoms with Gasteiger partial charge in [-0.2, -0.15) is 0 Å². The normalized spacial score (nSPS) is 13.7. The number of anilines is 1. The van der Waals surface area contributed by atoms with Crippen LogP contribution < -0.4 is 5.32 Å². The standard InChI is InChI=1S/C21H28N2O3/c1-16(24)19-9-6-10-20(15-19)22-21(26)12-14-23(17(2)25)13-11-18-7-4-3-5-8-18/h6-7,9-10,15H,3-5,8,11-14H2,1-2H3,(H,22,26). The number of Topliss-reactive ketones (excluding diaryl/α,β-unsaturated/α-hetero) is 1. The predicted molar refractivity (Wildman–Crippen MR) is 103 cm³/mol. The van der Waals surface area contributed by atoms with E-state index in [0.29, 0.717) is 24.3 Å². The van der Waals surface area contributed by atoms with Crippen LogP contribution in [0.2, 0.25) is 0 Å². The van der Waals surface area contributed by atoms with E-state index >= 15 is 0 Å². The zero-order valence-electron chi connectivity index (χ0n) is 15.7. The van der Waals surface area contributed by atoms with Crippen LogP contribution in [0.4, 0.5) is 5.69 Å². The van der Waals surface area contributed by atoms with E-state index in [1.54, 1.807) is 36.1 Å². The van der Waals surface area contributed by atoms with Crippen molar-refractivity contribution >= 4 is 23.3 Å². The highest BCUT2D eigenvalue weighted by atomic mass is 16.2. The van der Waals surface area contributed by atoms with Crippen LogP contribution in [0.1, 0.15) is 62.7 Å². The topological polar surface area (TPSA) is 66.5 Å². The zero-order chi connectivity index (χ0) is 18.9. The molecular formula is C21H28N2O3. The first kappa shape index (κ1) is 19.9. The second-order valence-corrected chi connectivity index (χ2v) is 6.80. The zero-order valence-corrected chi connectivity index (χ0v) is 15.7. The smallest absolute Gasteiger partial charge is 0.226 e. The molecule has 2 amide bonds. The molecule has 26 heavy (non-hydrogen) atoms. The average Bonchev–Trinajstić information content (AvgIpc) is 2.62. The molecule has 1 N–H and O–H groups in total. The second-order valence-electron chi connectivity index (χ2n) is 6.80. The van der Waals surface area contributed by atoms with Gasteiger partial charge in [0, 0.05) is 37.7 Å². The van der Waals surface area contributed by atoms with Crippen LogP contribution in [0.3, 0.4) is 0 Å². The molecule has 0 fully saturated rings. The molecule has 0 spiro atoms. The summed E-state index contributed by atoms with van der Waals surface area (Å²) in [6, 6.07) is 6.88. The number of nitrogens with one attached hydrogen (secondary N) is 1. The monoisotopic (exact) mass is 356 g/mol. The number of ketones is 1. The SMILES string of the molecule is CC(=O)c1cccc(NC(=O)CCN(CCC2=CCCCC2)C(C)=O)c1. The summed E-state index contributed by atoms with van der Waals surface area (Å²) >= 11 is 0. The number of carbonyl (C=O) groups excluding carboxylic acids is 3. The van der Waals surface area contributed by atoms with E-state index in [1.165, 1.54) is 25.3 Å². The van der Waals surface area contributed by atoms with Gasteiger partial charge in [-0.25, -0.2) is 0 Å². The maximum absolute atomic E-state index is 12.2. The number of nitrogens with zero attached hydrogens (tertiary/aromatic N) is 1. The quantitative estimate of drug-likeness (QED) is 0.566. The number of hydrogen-bond acceptors (Lipinski definition) is 3. The van der Waals surface area contributed by atoms with Crippen LogP contribution in [0.5, 0.6) is 0 Å². The minimum atomic E-state index is -0.158. The van der Waals surface area contributed by atoms with Gasteiger partial charge in [0.15, 0.2) is 5.78 Å². The molecule has 0 atom stereocenters. The van der Waals surface area contributed by atoms with Crippen molar-refractivity contribution in [2.75, 3.05) is 18.4 Å². The van der Waals surface area contributed by atoms with E-state index in [1.807, 2.05) is 0 Å². The molecular weight excluding hydrogens is 328 g/mol. The van der Waals surface area contributed by atoms with Gasteiger partial charge in [0.05, 0.1) is 0 Å². The summed E-state index contributed by atoms with van der Waals surface area (Å²) in [5.41, 5.74) is 2.59. The van der Waals surface area contributed by atoms with E-state index in [4.69, 9.17) is 0 Å². The Morgan fingerprint density at radius 3 is 2.58 bits per heavy atom. The number of hydrogen-bond donors (Lipinski definition) is 1. The van der Waals surface area contributed by atoms with Gasteiger partial charge in [0.2, 0.25) is 11.8 Å². The summed E-state index contributed by atoms with van der Waals surface area (Å²) in [6.07, 6.45) is 8.16. The van der Waals surface area contributed by atoms with Gasteiger partial charge in [-0.1, -0.05) is 23.8 Å². The van der Waals surface area contributed by atoms with Crippen molar-refractivity contribution in [2.45, 2.75) is 52.4 Å². The Bertz CT molecular complexity index is 694. The lowest BCUT2D eigenvalue weighted by atomic mass is 9.97. The maximum atomic E-state index is 12.2. The lowest BCUT2D eigenvalue weighted by Crippen LogP contribution is -2.33. The number of allylic oxidation sites excluding steroid dienone is 1. The van der Waals surface area contributed by atoms with Crippen molar-refractivity contribution < 1.29 is 14.4 Å². The summed E-state index contributed by atoms with van der Waals surface area (Å²) in [5.74, 6) is -0.206. The fourth-order valence-corrected chi connectivity index (χ4v) is 3.11. The average molecular weight is 356 g/mol. The van der Waals surface area contributed by atoms with Crippen LogP contribution in [-0.4, -0.2) is 35.6 Å². The minimum absolute atomic E-state index is 0.00668. The second kappa shape index (κ2) is 9.90. The highest BCUT2D eigenvalue weighted by molar-refractivity contribution is 5.97. The van der Waals surface area contributed by atoms with Crippen molar-refractivity contribution in [1.82, 2.24) is 4.90 Å². The van der Waals surface area contributed by atoms with Crippen molar-refractivity contribution in [2.24, 2.45) is 0 Å². The maximum Gasteiger partial charge on any atom is 0.226 e. The molecule has 0 aliphatic heterocycles. The molecule has 0 bridgehead atoms. The Hall–Kier alpha value is -2.43. The Balaban J connectivity index is 1.82. The van der Waals surface area contributed by atoms with Crippen LogP contribution in [-0.2, 0) is 9.59 Å². The van der Waals surface area contributed by atoms with Gasteiger partial charge in [0.25, 0.3) is 0 Å². The number of amides is 2. The molecule has 0 heterocycles. The molecule has 1 aromatic rings. The van der Waals surface area contributed by atoms with Crippen LogP contribution in [0.25, 0.3) is 0 Å². The van der Waals surface area contributed by atoms with Crippen molar-refractivity contribution in [1.29, 1.82) is 0 Å². The third-order valence-corrected chi connectivity index (χ3v) is 4.69. The van der Waals surface area contributed by atoms with Crippen molar-refractivity contribution in [3.63, 3.8) is 0 Å². The molecule has 140 valence electrons. The highest BCUT2D eigenvalue weighted by Crippen LogP contribution is 2.20.